The van der Waals surface area contributed by atoms with Gasteiger partial charge in [-0.1, -0.05) is 39.7 Å². The van der Waals surface area contributed by atoms with Crippen LogP contribution in [0, 0.1) is 11.6 Å². The fourth-order valence-electron chi connectivity index (χ4n) is 1.84. The molecule has 0 bridgehead atoms. The second-order valence-corrected chi connectivity index (χ2v) is 5.47. The van der Waals surface area contributed by atoms with Gasteiger partial charge in [-0.2, -0.15) is 0 Å². The molecule has 0 saturated heterocycles. The summed E-state index contributed by atoms with van der Waals surface area (Å²) in [5, 5.41) is 0.297. The molecule has 1 unspecified atom stereocenters. The van der Waals surface area contributed by atoms with E-state index in [2.05, 4.69) is 15.9 Å². The second kappa shape index (κ2) is 5.99. The summed E-state index contributed by atoms with van der Waals surface area (Å²) in [5.41, 5.74) is 7.60. The molecule has 0 aromatic heterocycles. The van der Waals surface area contributed by atoms with Crippen LogP contribution in [-0.2, 0) is 6.42 Å². The normalized spacial score (nSPS) is 12.5. The van der Waals surface area contributed by atoms with Gasteiger partial charge in [0.1, 0.15) is 11.6 Å². The van der Waals surface area contributed by atoms with Crippen molar-refractivity contribution in [3.8, 4) is 0 Å². The van der Waals surface area contributed by atoms with E-state index in [1.807, 2.05) is 0 Å². The fraction of sp³-hybridized carbons (Fsp3) is 0.143. The first kappa shape index (κ1) is 14.4. The van der Waals surface area contributed by atoms with E-state index >= 15 is 0 Å². The van der Waals surface area contributed by atoms with E-state index in [0.717, 1.165) is 5.56 Å². The van der Waals surface area contributed by atoms with Crippen LogP contribution in [0.3, 0.4) is 0 Å². The Morgan fingerprint density at radius 2 is 1.74 bits per heavy atom. The molecule has 2 aromatic carbocycles. The van der Waals surface area contributed by atoms with Crippen LogP contribution in [0.5, 0.6) is 0 Å². The number of rotatable bonds is 3. The van der Waals surface area contributed by atoms with Crippen molar-refractivity contribution in [3.63, 3.8) is 0 Å². The van der Waals surface area contributed by atoms with Gasteiger partial charge in [-0.05, 0) is 41.8 Å². The Bertz CT molecular complexity index is 604. The van der Waals surface area contributed by atoms with Crippen molar-refractivity contribution in [2.24, 2.45) is 5.73 Å². The summed E-state index contributed by atoms with van der Waals surface area (Å²) in [6.07, 6.45) is 0.478. The first-order valence-corrected chi connectivity index (χ1v) is 6.79. The van der Waals surface area contributed by atoms with Gasteiger partial charge in [0.05, 0.1) is 0 Å². The Labute approximate surface area is 123 Å². The minimum absolute atomic E-state index is 0.297. The Morgan fingerprint density at radius 1 is 1.11 bits per heavy atom. The van der Waals surface area contributed by atoms with Crippen LogP contribution in [-0.4, -0.2) is 0 Å². The largest absolute Gasteiger partial charge is 0.324 e. The molecule has 1 atom stereocenters. The third kappa shape index (κ3) is 3.53. The summed E-state index contributed by atoms with van der Waals surface area (Å²) < 4.78 is 26.6. The highest BCUT2D eigenvalue weighted by Gasteiger charge is 2.13. The summed E-state index contributed by atoms with van der Waals surface area (Å²) in [7, 11) is 0. The molecule has 0 heterocycles. The lowest BCUT2D eigenvalue weighted by molar-refractivity contribution is 0.621. The Hall–Kier alpha value is -0.970. The van der Waals surface area contributed by atoms with E-state index in [-0.39, 0.29) is 11.9 Å². The maximum atomic E-state index is 13.0. The van der Waals surface area contributed by atoms with Gasteiger partial charge in [0, 0.05) is 15.5 Å². The van der Waals surface area contributed by atoms with Crippen molar-refractivity contribution in [1.29, 1.82) is 0 Å². The third-order valence-electron chi connectivity index (χ3n) is 2.82. The molecule has 100 valence electrons. The van der Waals surface area contributed by atoms with Crippen LogP contribution < -0.4 is 5.73 Å². The molecule has 2 N–H and O–H groups in total. The maximum Gasteiger partial charge on any atom is 0.124 e. The van der Waals surface area contributed by atoms with Crippen LogP contribution >= 0.6 is 27.5 Å². The molecule has 0 aliphatic rings. The zero-order valence-electron chi connectivity index (χ0n) is 9.84. The predicted octanol–water partition coefficient (Wildman–Crippen LogP) is 4.62. The third-order valence-corrected chi connectivity index (χ3v) is 3.88. The molecular weight excluding hydrogens is 336 g/mol. The molecule has 19 heavy (non-hydrogen) atoms. The summed E-state index contributed by atoms with van der Waals surface area (Å²) in [6.45, 7) is 0. The monoisotopic (exact) mass is 345 g/mol. The summed E-state index contributed by atoms with van der Waals surface area (Å²) >= 11 is 9.25. The number of hydrogen-bond acceptors (Lipinski definition) is 1. The molecule has 1 nitrogen and oxygen atoms in total. The molecule has 0 saturated carbocycles. The molecule has 0 radical (unpaired) electrons. The number of nitrogens with two attached hydrogens (primary N) is 1. The molecule has 5 heteroatoms. The zero-order chi connectivity index (χ0) is 14.0. The molecule has 0 amide bonds. The predicted molar refractivity (Wildman–Crippen MR) is 76.1 cm³/mol. The molecule has 2 aromatic rings. The van der Waals surface area contributed by atoms with Gasteiger partial charge in [-0.15, -0.1) is 0 Å². The van der Waals surface area contributed by atoms with Crippen molar-refractivity contribution in [3.05, 3.63) is 68.7 Å². The van der Waals surface area contributed by atoms with E-state index in [4.69, 9.17) is 17.3 Å². The average molecular weight is 347 g/mol. The number of halogens is 4. The fourth-order valence-corrected chi connectivity index (χ4v) is 2.66. The Balaban J connectivity index is 2.23. The topological polar surface area (TPSA) is 26.0 Å². The van der Waals surface area contributed by atoms with E-state index in [1.165, 1.54) is 24.3 Å². The van der Waals surface area contributed by atoms with Crippen molar-refractivity contribution in [1.82, 2.24) is 0 Å². The molecule has 0 spiro atoms. The smallest absolute Gasteiger partial charge is 0.124 e. The van der Waals surface area contributed by atoms with Gasteiger partial charge in [0.15, 0.2) is 0 Å². The van der Waals surface area contributed by atoms with Crippen LogP contribution in [0.2, 0.25) is 5.02 Å². The number of benzene rings is 2. The standard InChI is InChI=1S/C14H11BrClF2N/c15-12-6-9(17)2-1-8(12)5-14(19)11-4-3-10(18)7-13(11)16/h1-4,6-7,14H,5,19H2. The summed E-state index contributed by atoms with van der Waals surface area (Å²) in [6, 6.07) is 8.16. The highest BCUT2D eigenvalue weighted by molar-refractivity contribution is 9.10. The number of hydrogen-bond donors (Lipinski definition) is 1. The Morgan fingerprint density at radius 3 is 2.37 bits per heavy atom. The van der Waals surface area contributed by atoms with Crippen molar-refractivity contribution >= 4 is 27.5 Å². The van der Waals surface area contributed by atoms with Crippen LogP contribution in [0.4, 0.5) is 8.78 Å². The quantitative estimate of drug-likeness (QED) is 0.862. The average Bonchev–Trinajstić information content (AvgIpc) is 2.32. The van der Waals surface area contributed by atoms with Gasteiger partial charge in [0.25, 0.3) is 0 Å². The molecule has 2 rings (SSSR count). The van der Waals surface area contributed by atoms with Crippen LogP contribution in [0.1, 0.15) is 17.2 Å². The van der Waals surface area contributed by atoms with E-state index in [9.17, 15) is 8.78 Å². The zero-order valence-corrected chi connectivity index (χ0v) is 12.2. The lowest BCUT2D eigenvalue weighted by Crippen LogP contribution is -2.14. The first-order chi connectivity index (χ1) is 8.97. The van der Waals surface area contributed by atoms with E-state index < -0.39 is 5.82 Å². The molecular formula is C14H11BrClF2N. The van der Waals surface area contributed by atoms with E-state index in [1.54, 1.807) is 12.1 Å². The van der Waals surface area contributed by atoms with Crippen molar-refractivity contribution in [2.45, 2.75) is 12.5 Å². The van der Waals surface area contributed by atoms with Crippen LogP contribution in [0.15, 0.2) is 40.9 Å². The lowest BCUT2D eigenvalue weighted by atomic mass is 9.99. The summed E-state index contributed by atoms with van der Waals surface area (Å²) in [4.78, 5) is 0. The Kier molecular flexibility index (Phi) is 4.55. The van der Waals surface area contributed by atoms with Gasteiger partial charge in [-0.3, -0.25) is 0 Å². The van der Waals surface area contributed by atoms with Gasteiger partial charge >= 0.3 is 0 Å². The molecule has 0 aliphatic carbocycles. The van der Waals surface area contributed by atoms with E-state index in [0.29, 0.717) is 21.5 Å². The van der Waals surface area contributed by atoms with Crippen LogP contribution in [0.25, 0.3) is 0 Å². The highest BCUT2D eigenvalue weighted by atomic mass is 79.9. The maximum absolute atomic E-state index is 13.0. The van der Waals surface area contributed by atoms with Gasteiger partial charge < -0.3 is 5.73 Å². The molecule has 0 fully saturated rings. The van der Waals surface area contributed by atoms with Gasteiger partial charge in [0.2, 0.25) is 0 Å². The van der Waals surface area contributed by atoms with Crippen molar-refractivity contribution in [2.75, 3.05) is 0 Å². The minimum atomic E-state index is -0.399. The lowest BCUT2D eigenvalue weighted by Gasteiger charge is -2.15. The minimum Gasteiger partial charge on any atom is -0.324 e. The second-order valence-electron chi connectivity index (χ2n) is 4.21. The van der Waals surface area contributed by atoms with Gasteiger partial charge in [-0.25, -0.2) is 8.78 Å². The first-order valence-electron chi connectivity index (χ1n) is 5.62. The highest BCUT2D eigenvalue weighted by Crippen LogP contribution is 2.27. The SMILES string of the molecule is NC(Cc1ccc(F)cc1Br)c1ccc(F)cc1Cl. The molecule has 0 aliphatic heterocycles. The summed E-state index contributed by atoms with van der Waals surface area (Å²) in [5.74, 6) is -0.715. The van der Waals surface area contributed by atoms with Crippen molar-refractivity contribution < 1.29 is 8.78 Å².